The molecule has 0 bridgehead atoms. The molecule has 0 radical (unpaired) electrons. The Kier molecular flexibility index (Phi) is 9.50. The first kappa shape index (κ1) is 22.9. The molecule has 1 aromatic carbocycles. The first-order valence-corrected chi connectivity index (χ1v) is 7.51. The Bertz CT molecular complexity index is 555. The van der Waals surface area contributed by atoms with Gasteiger partial charge < -0.3 is 10.4 Å². The van der Waals surface area contributed by atoms with Crippen molar-refractivity contribution in [3.05, 3.63) is 33.6 Å². The average molecular weight is 384 g/mol. The summed E-state index contributed by atoms with van der Waals surface area (Å²) in [5.41, 5.74) is -0.0171. The second-order valence-corrected chi connectivity index (χ2v) is 6.05. The number of nitro groups is 1. The predicted octanol–water partition coefficient (Wildman–Crippen LogP) is 3.28. The van der Waals surface area contributed by atoms with Crippen LogP contribution in [-0.4, -0.2) is 41.1 Å². The Morgan fingerprint density at radius 2 is 1.92 bits per heavy atom. The molecule has 0 spiro atoms. The summed E-state index contributed by atoms with van der Waals surface area (Å²) in [6.45, 7) is 7.24. The van der Waals surface area contributed by atoms with Crippen molar-refractivity contribution in [3.63, 3.8) is 0 Å². The third kappa shape index (κ3) is 5.44. The van der Waals surface area contributed by atoms with Crippen LogP contribution in [0, 0.1) is 21.8 Å². The Hall–Kier alpha value is -1.15. The number of nitro benzene ring substituents is 1. The molecule has 1 fully saturated rings. The smallest absolute Gasteiger partial charge is 0.272 e. The zero-order valence-electron chi connectivity index (χ0n) is 13.7. The predicted molar refractivity (Wildman–Crippen MR) is 95.9 cm³/mol. The molecule has 2 rings (SSSR count). The van der Waals surface area contributed by atoms with Crippen molar-refractivity contribution in [3.8, 4) is 5.75 Å². The first-order chi connectivity index (χ1) is 10.4. The minimum atomic E-state index is -0.937. The van der Waals surface area contributed by atoms with Gasteiger partial charge in [0.05, 0.1) is 11.0 Å². The van der Waals surface area contributed by atoms with E-state index < -0.39 is 16.5 Å². The van der Waals surface area contributed by atoms with Crippen molar-refractivity contribution in [2.24, 2.45) is 5.92 Å². The Balaban J connectivity index is 0.00000264. The molecule has 1 heterocycles. The third-order valence-electron chi connectivity index (χ3n) is 3.93. The van der Waals surface area contributed by atoms with Crippen LogP contribution in [0.15, 0.2) is 12.1 Å². The van der Waals surface area contributed by atoms with E-state index >= 15 is 0 Å². The molecule has 0 saturated carbocycles. The highest BCUT2D eigenvalue weighted by Gasteiger charge is 2.28. The molecule has 24 heavy (non-hydrogen) atoms. The fourth-order valence-corrected chi connectivity index (χ4v) is 2.88. The molecule has 6 nitrogen and oxygen atoms in total. The number of nitrogens with one attached hydrogen (secondary N) is 1. The number of hydrogen-bond donors (Lipinski definition) is 2. The van der Waals surface area contributed by atoms with Crippen LogP contribution in [0.5, 0.6) is 5.75 Å². The lowest BCUT2D eigenvalue weighted by Crippen LogP contribution is -2.45. The minimum absolute atomic E-state index is 0. The maximum absolute atomic E-state index is 13.9. The molecule has 0 amide bonds. The summed E-state index contributed by atoms with van der Waals surface area (Å²) in [4.78, 5) is 12.5. The number of halogens is 3. The molecule has 1 aliphatic heterocycles. The average Bonchev–Trinajstić information content (AvgIpc) is 2.48. The zero-order chi connectivity index (χ0) is 16.3. The van der Waals surface area contributed by atoms with Crippen LogP contribution < -0.4 is 5.32 Å². The van der Waals surface area contributed by atoms with Gasteiger partial charge in [0.1, 0.15) is 0 Å². The fourth-order valence-electron chi connectivity index (χ4n) is 2.88. The zero-order valence-corrected chi connectivity index (χ0v) is 15.3. The van der Waals surface area contributed by atoms with Crippen molar-refractivity contribution >= 4 is 30.5 Å². The van der Waals surface area contributed by atoms with Gasteiger partial charge in [-0.15, -0.1) is 24.8 Å². The quantitative estimate of drug-likeness (QED) is 0.602. The topological polar surface area (TPSA) is 78.6 Å². The van der Waals surface area contributed by atoms with E-state index in [-0.39, 0.29) is 36.5 Å². The summed E-state index contributed by atoms with van der Waals surface area (Å²) >= 11 is 0. The lowest BCUT2D eigenvalue weighted by Gasteiger charge is -2.36. The number of benzene rings is 1. The van der Waals surface area contributed by atoms with Crippen molar-refractivity contribution in [2.75, 3.05) is 26.2 Å². The van der Waals surface area contributed by atoms with Gasteiger partial charge in [0.2, 0.25) is 0 Å². The van der Waals surface area contributed by atoms with Crippen molar-refractivity contribution in [1.29, 1.82) is 0 Å². The van der Waals surface area contributed by atoms with E-state index in [9.17, 15) is 19.6 Å². The highest BCUT2D eigenvalue weighted by Crippen LogP contribution is 2.37. The van der Waals surface area contributed by atoms with E-state index in [0.717, 1.165) is 32.2 Å². The van der Waals surface area contributed by atoms with Gasteiger partial charge in [-0.25, -0.2) is 4.39 Å². The lowest BCUT2D eigenvalue weighted by atomic mass is 9.93. The van der Waals surface area contributed by atoms with E-state index in [1.807, 2.05) is 13.8 Å². The van der Waals surface area contributed by atoms with E-state index in [2.05, 4.69) is 10.2 Å². The number of aromatic hydroxyl groups is 1. The molecule has 0 aliphatic carbocycles. The van der Waals surface area contributed by atoms with Crippen LogP contribution in [0.2, 0.25) is 0 Å². The monoisotopic (exact) mass is 383 g/mol. The summed E-state index contributed by atoms with van der Waals surface area (Å²) in [6.07, 6.45) is 0.703. The van der Waals surface area contributed by atoms with Gasteiger partial charge in [0, 0.05) is 43.9 Å². The Morgan fingerprint density at radius 1 is 1.33 bits per heavy atom. The summed E-state index contributed by atoms with van der Waals surface area (Å²) in [5, 5.41) is 24.3. The molecule has 0 aromatic heterocycles. The molecule has 2 N–H and O–H groups in total. The summed E-state index contributed by atoms with van der Waals surface area (Å²) in [6, 6.07) is 1.84. The standard InChI is InChI=1S/C15H22FN3O3.2ClH/c1-10(2)7-14(18-5-3-17-4-6-18)12-8-11(19(21)22)9-13(16)15(12)20;;/h8-10,14,17,20H,3-7H2,1-2H3;2*1H/t14-;;/m1../s1. The van der Waals surface area contributed by atoms with Crippen LogP contribution >= 0.6 is 24.8 Å². The highest BCUT2D eigenvalue weighted by molar-refractivity contribution is 5.85. The molecule has 1 atom stereocenters. The number of rotatable bonds is 5. The maximum atomic E-state index is 13.9. The fraction of sp³-hybridized carbons (Fsp3) is 0.600. The van der Waals surface area contributed by atoms with Gasteiger partial charge in [-0.3, -0.25) is 15.0 Å². The molecule has 9 heteroatoms. The van der Waals surface area contributed by atoms with E-state index in [0.29, 0.717) is 17.9 Å². The summed E-state index contributed by atoms with van der Waals surface area (Å²) in [7, 11) is 0. The molecular weight excluding hydrogens is 360 g/mol. The van der Waals surface area contributed by atoms with Gasteiger partial charge in [-0.1, -0.05) is 13.8 Å². The number of non-ortho nitro benzene ring substituents is 1. The first-order valence-electron chi connectivity index (χ1n) is 7.51. The molecule has 138 valence electrons. The van der Waals surface area contributed by atoms with E-state index in [4.69, 9.17) is 0 Å². The van der Waals surface area contributed by atoms with Gasteiger partial charge in [0.15, 0.2) is 11.6 Å². The van der Waals surface area contributed by atoms with Crippen LogP contribution in [0.4, 0.5) is 10.1 Å². The van der Waals surface area contributed by atoms with Gasteiger partial charge in [0.25, 0.3) is 5.69 Å². The second-order valence-electron chi connectivity index (χ2n) is 6.05. The van der Waals surface area contributed by atoms with Crippen molar-refractivity contribution in [1.82, 2.24) is 10.2 Å². The molecule has 1 saturated heterocycles. The van der Waals surface area contributed by atoms with E-state index in [1.54, 1.807) is 0 Å². The number of piperazine rings is 1. The van der Waals surface area contributed by atoms with Crippen molar-refractivity contribution < 1.29 is 14.4 Å². The molecule has 0 unspecified atom stereocenters. The Morgan fingerprint density at radius 3 is 2.42 bits per heavy atom. The largest absolute Gasteiger partial charge is 0.505 e. The normalized spacial score (nSPS) is 16.2. The third-order valence-corrected chi connectivity index (χ3v) is 3.93. The highest BCUT2D eigenvalue weighted by atomic mass is 35.5. The maximum Gasteiger partial charge on any atom is 0.272 e. The van der Waals surface area contributed by atoms with Crippen LogP contribution in [0.1, 0.15) is 31.9 Å². The van der Waals surface area contributed by atoms with E-state index in [1.165, 1.54) is 6.07 Å². The molecule has 1 aromatic rings. The SMILES string of the molecule is CC(C)C[C@H](c1cc([N+](=O)[O-])cc(F)c1O)N1CCNCC1.Cl.Cl. The summed E-state index contributed by atoms with van der Waals surface area (Å²) in [5.74, 6) is -1.09. The lowest BCUT2D eigenvalue weighted by molar-refractivity contribution is -0.385. The van der Waals surface area contributed by atoms with Crippen LogP contribution in [0.3, 0.4) is 0 Å². The van der Waals surface area contributed by atoms with Gasteiger partial charge in [-0.2, -0.15) is 0 Å². The minimum Gasteiger partial charge on any atom is -0.505 e. The molecular formula is C15H24Cl2FN3O3. The van der Waals surface area contributed by atoms with Gasteiger partial charge >= 0.3 is 0 Å². The second kappa shape index (κ2) is 9.98. The summed E-state index contributed by atoms with van der Waals surface area (Å²) < 4.78 is 13.9. The number of phenolic OH excluding ortho intramolecular Hbond substituents is 1. The number of hydrogen-bond acceptors (Lipinski definition) is 5. The van der Waals surface area contributed by atoms with Crippen molar-refractivity contribution in [2.45, 2.75) is 26.3 Å². The van der Waals surface area contributed by atoms with Crippen LogP contribution in [-0.2, 0) is 0 Å². The number of phenols is 1. The molecule has 1 aliphatic rings. The number of nitrogens with zero attached hydrogens (tertiary/aromatic N) is 2. The Labute approximate surface area is 153 Å². The van der Waals surface area contributed by atoms with Crippen LogP contribution in [0.25, 0.3) is 0 Å². The van der Waals surface area contributed by atoms with Gasteiger partial charge in [-0.05, 0) is 12.3 Å².